The maximum Gasteiger partial charge on any atom is 0.417 e. The van der Waals surface area contributed by atoms with Gasteiger partial charge in [0.1, 0.15) is 0 Å². The van der Waals surface area contributed by atoms with Crippen LogP contribution in [0.1, 0.15) is 27.7 Å². The minimum Gasteiger partial charge on any atom is -0.443 e. The molecular weight excluding hydrogens is 555 g/mol. The molecule has 4 aromatic carbocycles. The van der Waals surface area contributed by atoms with Gasteiger partial charge in [0, 0.05) is 16.8 Å². The predicted octanol–water partition coefficient (Wildman–Crippen LogP) is 7.75. The summed E-state index contributed by atoms with van der Waals surface area (Å²) in [6.45, 7) is 0. The molecule has 0 aliphatic rings. The van der Waals surface area contributed by atoms with E-state index in [-0.39, 0.29) is 11.4 Å². The van der Waals surface area contributed by atoms with Gasteiger partial charge in [0.25, 0.3) is 5.91 Å². The van der Waals surface area contributed by atoms with E-state index in [0.29, 0.717) is 16.9 Å². The standard InChI is InChI=1S/C31H21ClF3N3O3/c32-25-17-16-22(18-24(25)31(33,34)35)36-29(39)28(21-12-6-2-7-13-21)41-30(40)27-19-26(20-10-4-1-5-11-20)37-38(27)23-14-8-3-9-15-23/h1-19,28H,(H,36,39)/t28-/m0/s1. The molecule has 5 rings (SSSR count). The Morgan fingerprint density at radius 2 is 1.44 bits per heavy atom. The number of ether oxygens (including phenoxy) is 1. The molecule has 1 heterocycles. The number of halogens is 4. The number of benzene rings is 4. The van der Waals surface area contributed by atoms with Crippen LogP contribution in [0.2, 0.25) is 5.02 Å². The first-order chi connectivity index (χ1) is 19.7. The Morgan fingerprint density at radius 3 is 2.07 bits per heavy atom. The van der Waals surface area contributed by atoms with E-state index in [1.165, 1.54) is 10.7 Å². The molecule has 0 saturated heterocycles. The Labute approximate surface area is 238 Å². The molecule has 6 nitrogen and oxygen atoms in total. The van der Waals surface area contributed by atoms with Crippen molar-refractivity contribution in [2.75, 3.05) is 5.32 Å². The highest BCUT2D eigenvalue weighted by Gasteiger charge is 2.34. The molecule has 0 radical (unpaired) electrons. The molecule has 5 aromatic rings. The van der Waals surface area contributed by atoms with Gasteiger partial charge in [0.15, 0.2) is 5.69 Å². The molecule has 41 heavy (non-hydrogen) atoms. The van der Waals surface area contributed by atoms with E-state index < -0.39 is 34.7 Å². The highest BCUT2D eigenvalue weighted by molar-refractivity contribution is 6.31. The fourth-order valence-corrected chi connectivity index (χ4v) is 4.36. The number of rotatable bonds is 7. The molecule has 1 N–H and O–H groups in total. The van der Waals surface area contributed by atoms with Crippen molar-refractivity contribution in [3.8, 4) is 16.9 Å². The molecule has 1 atom stereocenters. The molecule has 1 aromatic heterocycles. The monoisotopic (exact) mass is 575 g/mol. The minimum absolute atomic E-state index is 0.0506. The fraction of sp³-hybridized carbons (Fsp3) is 0.0645. The maximum absolute atomic E-state index is 13.6. The summed E-state index contributed by atoms with van der Waals surface area (Å²) in [5.41, 5.74) is 0.949. The molecule has 0 aliphatic carbocycles. The van der Waals surface area contributed by atoms with Crippen molar-refractivity contribution in [2.45, 2.75) is 12.3 Å². The molecule has 0 spiro atoms. The summed E-state index contributed by atoms with van der Waals surface area (Å²) in [7, 11) is 0. The van der Waals surface area contributed by atoms with Gasteiger partial charge >= 0.3 is 12.1 Å². The van der Waals surface area contributed by atoms with E-state index in [9.17, 15) is 22.8 Å². The second-order valence-electron chi connectivity index (χ2n) is 8.91. The van der Waals surface area contributed by atoms with Crippen molar-refractivity contribution in [3.05, 3.63) is 137 Å². The van der Waals surface area contributed by atoms with Crippen molar-refractivity contribution in [1.29, 1.82) is 0 Å². The largest absolute Gasteiger partial charge is 0.443 e. The number of nitrogens with one attached hydrogen (secondary N) is 1. The number of carbonyl (C=O) groups excluding carboxylic acids is 2. The maximum atomic E-state index is 13.6. The predicted molar refractivity (Wildman–Crippen MR) is 149 cm³/mol. The lowest BCUT2D eigenvalue weighted by Gasteiger charge is -2.19. The highest BCUT2D eigenvalue weighted by Crippen LogP contribution is 2.36. The molecule has 206 valence electrons. The number of para-hydroxylation sites is 1. The van der Waals surface area contributed by atoms with E-state index in [1.807, 2.05) is 36.4 Å². The van der Waals surface area contributed by atoms with Crippen LogP contribution in [0.5, 0.6) is 0 Å². The number of nitrogens with zero attached hydrogens (tertiary/aromatic N) is 2. The molecule has 0 bridgehead atoms. The molecule has 0 unspecified atom stereocenters. The van der Waals surface area contributed by atoms with Gasteiger partial charge in [-0.1, -0.05) is 90.5 Å². The number of hydrogen-bond acceptors (Lipinski definition) is 4. The first-order valence-electron chi connectivity index (χ1n) is 12.3. The van der Waals surface area contributed by atoms with Gasteiger partial charge in [-0.3, -0.25) is 4.79 Å². The Morgan fingerprint density at radius 1 is 0.829 bits per heavy atom. The van der Waals surface area contributed by atoms with Gasteiger partial charge in [-0.25, -0.2) is 9.48 Å². The van der Waals surface area contributed by atoms with Crippen molar-refractivity contribution < 1.29 is 27.5 Å². The van der Waals surface area contributed by atoms with Crippen LogP contribution in [0.3, 0.4) is 0 Å². The van der Waals surface area contributed by atoms with Crippen molar-refractivity contribution in [2.24, 2.45) is 0 Å². The SMILES string of the molecule is O=C(O[C@H](C(=O)Nc1ccc(Cl)c(C(F)(F)F)c1)c1ccccc1)c1cc(-c2ccccc2)nn1-c1ccccc1. The van der Waals surface area contributed by atoms with Crippen LogP contribution in [0.4, 0.5) is 18.9 Å². The summed E-state index contributed by atoms with van der Waals surface area (Å²) in [5.74, 6) is -1.71. The normalized spacial score (nSPS) is 12.0. The molecule has 0 fully saturated rings. The second-order valence-corrected chi connectivity index (χ2v) is 9.31. The summed E-state index contributed by atoms with van der Waals surface area (Å²) in [6, 6.07) is 30.8. The summed E-state index contributed by atoms with van der Waals surface area (Å²) in [5, 5.41) is 6.51. The molecule has 0 aliphatic heterocycles. The van der Waals surface area contributed by atoms with Crippen LogP contribution in [-0.2, 0) is 15.7 Å². The number of esters is 1. The van der Waals surface area contributed by atoms with Crippen molar-refractivity contribution in [1.82, 2.24) is 9.78 Å². The summed E-state index contributed by atoms with van der Waals surface area (Å²) in [6.07, 6.45) is -6.22. The van der Waals surface area contributed by atoms with Crippen LogP contribution in [-0.4, -0.2) is 21.7 Å². The first-order valence-corrected chi connectivity index (χ1v) is 12.7. The average molecular weight is 576 g/mol. The Kier molecular flexibility index (Phi) is 7.89. The molecular formula is C31H21ClF3N3O3. The number of aromatic nitrogens is 2. The van der Waals surface area contributed by atoms with Gasteiger partial charge in [-0.05, 0) is 36.4 Å². The number of amides is 1. The number of alkyl halides is 3. The summed E-state index contributed by atoms with van der Waals surface area (Å²) >= 11 is 5.71. The zero-order valence-corrected chi connectivity index (χ0v) is 21.9. The van der Waals surface area contributed by atoms with Crippen LogP contribution < -0.4 is 5.32 Å². The highest BCUT2D eigenvalue weighted by atomic mass is 35.5. The van der Waals surface area contributed by atoms with E-state index >= 15 is 0 Å². The fourth-order valence-electron chi connectivity index (χ4n) is 4.14. The summed E-state index contributed by atoms with van der Waals surface area (Å²) < 4.78 is 47.3. The number of hydrogen-bond donors (Lipinski definition) is 1. The van der Waals surface area contributed by atoms with E-state index in [4.69, 9.17) is 16.3 Å². The average Bonchev–Trinajstić information content (AvgIpc) is 3.43. The quantitative estimate of drug-likeness (QED) is 0.201. The Balaban J connectivity index is 1.49. The molecule has 0 saturated carbocycles. The van der Waals surface area contributed by atoms with Crippen molar-refractivity contribution in [3.63, 3.8) is 0 Å². The van der Waals surface area contributed by atoms with Crippen LogP contribution in [0, 0.1) is 0 Å². The lowest BCUT2D eigenvalue weighted by molar-refractivity contribution is -0.137. The van der Waals surface area contributed by atoms with Crippen LogP contribution in [0.15, 0.2) is 115 Å². The third kappa shape index (κ3) is 6.31. The van der Waals surface area contributed by atoms with Gasteiger partial charge < -0.3 is 10.1 Å². The van der Waals surface area contributed by atoms with Gasteiger partial charge in [0.2, 0.25) is 6.10 Å². The molecule has 10 heteroatoms. The third-order valence-corrected chi connectivity index (χ3v) is 6.42. The Hall–Kier alpha value is -4.89. The van der Waals surface area contributed by atoms with E-state index in [1.54, 1.807) is 60.7 Å². The lowest BCUT2D eigenvalue weighted by Crippen LogP contribution is -2.27. The zero-order chi connectivity index (χ0) is 29.0. The Bertz CT molecular complexity index is 1680. The number of anilines is 1. The lowest BCUT2D eigenvalue weighted by atomic mass is 10.1. The van der Waals surface area contributed by atoms with E-state index in [2.05, 4.69) is 10.4 Å². The van der Waals surface area contributed by atoms with Crippen LogP contribution in [0.25, 0.3) is 16.9 Å². The smallest absolute Gasteiger partial charge is 0.417 e. The third-order valence-electron chi connectivity index (χ3n) is 6.09. The van der Waals surface area contributed by atoms with Crippen molar-refractivity contribution >= 4 is 29.2 Å². The minimum atomic E-state index is -4.73. The summed E-state index contributed by atoms with van der Waals surface area (Å²) in [4.78, 5) is 27.0. The number of carbonyl (C=O) groups is 2. The van der Waals surface area contributed by atoms with Gasteiger partial charge in [0.05, 0.1) is 22.0 Å². The zero-order valence-electron chi connectivity index (χ0n) is 21.2. The molecule has 1 amide bonds. The van der Waals surface area contributed by atoms with Gasteiger partial charge in [-0.2, -0.15) is 18.3 Å². The first kappa shape index (κ1) is 27.7. The second kappa shape index (κ2) is 11.7. The van der Waals surface area contributed by atoms with E-state index in [0.717, 1.165) is 17.7 Å². The topological polar surface area (TPSA) is 73.2 Å². The van der Waals surface area contributed by atoms with Crippen LogP contribution >= 0.6 is 11.6 Å². The van der Waals surface area contributed by atoms with Gasteiger partial charge in [-0.15, -0.1) is 0 Å².